The summed E-state index contributed by atoms with van der Waals surface area (Å²) in [7, 11) is 1.49. The zero-order valence-corrected chi connectivity index (χ0v) is 15.9. The van der Waals surface area contributed by atoms with Crippen molar-refractivity contribution >= 4 is 28.2 Å². The van der Waals surface area contributed by atoms with Crippen molar-refractivity contribution in [2.75, 3.05) is 12.4 Å². The van der Waals surface area contributed by atoms with Crippen LogP contribution < -0.4 is 10.1 Å². The third kappa shape index (κ3) is 4.40. The van der Waals surface area contributed by atoms with Gasteiger partial charge in [0.2, 0.25) is 5.91 Å². The molecule has 0 fully saturated rings. The van der Waals surface area contributed by atoms with E-state index in [2.05, 4.69) is 10.3 Å². The first-order valence-electron chi connectivity index (χ1n) is 8.26. The molecule has 2 aromatic carbocycles. The molecule has 3 rings (SSSR count). The molecule has 28 heavy (non-hydrogen) atoms. The highest BCUT2D eigenvalue weighted by atomic mass is 32.1. The predicted molar refractivity (Wildman–Crippen MR) is 103 cm³/mol. The third-order valence-electron chi connectivity index (χ3n) is 4.00. The highest BCUT2D eigenvalue weighted by Crippen LogP contribution is 2.27. The van der Waals surface area contributed by atoms with E-state index in [1.807, 2.05) is 0 Å². The van der Waals surface area contributed by atoms with Crippen LogP contribution in [0.25, 0.3) is 11.3 Å². The van der Waals surface area contributed by atoms with Gasteiger partial charge < -0.3 is 10.1 Å². The Hall–Kier alpha value is -3.13. The molecule has 5 nitrogen and oxygen atoms in total. The van der Waals surface area contributed by atoms with Crippen molar-refractivity contribution in [2.45, 2.75) is 13.3 Å². The standard InChI is InChI=1S/C20H16F2N2O3S/c1-11(25)12-4-6-18(27-2)14(7-12)9-19(26)24-20-23-17(10-28-20)13-3-5-15(21)16(22)8-13/h3-8,10H,9H2,1-2H3,(H,23,24,26). The van der Waals surface area contributed by atoms with Gasteiger partial charge in [-0.05, 0) is 43.3 Å². The Bertz CT molecular complexity index is 1050. The number of benzene rings is 2. The number of ether oxygens (including phenoxy) is 1. The lowest BCUT2D eigenvalue weighted by Gasteiger charge is -2.09. The molecule has 1 aromatic heterocycles. The zero-order chi connectivity index (χ0) is 20.3. The van der Waals surface area contributed by atoms with Crippen LogP contribution in [0.3, 0.4) is 0 Å². The molecule has 8 heteroatoms. The van der Waals surface area contributed by atoms with Crippen molar-refractivity contribution in [3.8, 4) is 17.0 Å². The van der Waals surface area contributed by atoms with Gasteiger partial charge in [-0.1, -0.05) is 0 Å². The molecule has 1 N–H and O–H groups in total. The summed E-state index contributed by atoms with van der Waals surface area (Å²) in [4.78, 5) is 28.2. The van der Waals surface area contributed by atoms with Gasteiger partial charge in [0.05, 0.1) is 19.2 Å². The molecule has 0 aliphatic heterocycles. The van der Waals surface area contributed by atoms with Crippen molar-refractivity contribution in [1.82, 2.24) is 4.98 Å². The van der Waals surface area contributed by atoms with Crippen LogP contribution in [0.2, 0.25) is 0 Å². The predicted octanol–water partition coefficient (Wildman–Crippen LogP) is 4.48. The molecule has 0 atom stereocenters. The first-order valence-corrected chi connectivity index (χ1v) is 9.14. The van der Waals surface area contributed by atoms with Crippen LogP contribution in [0, 0.1) is 11.6 Å². The molecular weight excluding hydrogens is 386 g/mol. The normalized spacial score (nSPS) is 10.6. The van der Waals surface area contributed by atoms with Crippen molar-refractivity contribution in [3.05, 3.63) is 64.5 Å². The maximum absolute atomic E-state index is 13.4. The Morgan fingerprint density at radius 3 is 2.61 bits per heavy atom. The van der Waals surface area contributed by atoms with E-state index in [4.69, 9.17) is 4.74 Å². The van der Waals surface area contributed by atoms with Crippen LogP contribution >= 0.6 is 11.3 Å². The molecule has 0 saturated carbocycles. The Balaban J connectivity index is 1.74. The highest BCUT2D eigenvalue weighted by Gasteiger charge is 2.14. The second-order valence-electron chi connectivity index (χ2n) is 5.97. The van der Waals surface area contributed by atoms with Crippen molar-refractivity contribution in [2.24, 2.45) is 0 Å². The van der Waals surface area contributed by atoms with Crippen LogP contribution in [-0.4, -0.2) is 23.8 Å². The Morgan fingerprint density at radius 2 is 1.93 bits per heavy atom. The minimum Gasteiger partial charge on any atom is -0.496 e. The molecule has 1 amide bonds. The van der Waals surface area contributed by atoms with Crippen molar-refractivity contribution < 1.29 is 23.1 Å². The van der Waals surface area contributed by atoms with Gasteiger partial charge in [-0.25, -0.2) is 13.8 Å². The number of aromatic nitrogens is 1. The smallest absolute Gasteiger partial charge is 0.230 e. The first kappa shape index (κ1) is 19.6. The fraction of sp³-hybridized carbons (Fsp3) is 0.150. The number of ketones is 1. The van der Waals surface area contributed by atoms with Gasteiger partial charge in [0.25, 0.3) is 0 Å². The Labute approximate surface area is 164 Å². The maximum atomic E-state index is 13.4. The number of Topliss-reactive ketones (excluding diaryl/α,β-unsaturated/α-hetero) is 1. The molecular formula is C20H16F2N2O3S. The van der Waals surface area contributed by atoms with Gasteiger partial charge in [0.1, 0.15) is 5.75 Å². The number of carbonyl (C=O) groups is 2. The van der Waals surface area contributed by atoms with Crippen LogP contribution in [0.15, 0.2) is 41.8 Å². The van der Waals surface area contributed by atoms with E-state index >= 15 is 0 Å². The molecule has 0 saturated heterocycles. The van der Waals surface area contributed by atoms with Crippen LogP contribution in [-0.2, 0) is 11.2 Å². The van der Waals surface area contributed by atoms with Gasteiger partial charge in [0.15, 0.2) is 22.5 Å². The SMILES string of the molecule is COc1ccc(C(C)=O)cc1CC(=O)Nc1nc(-c2ccc(F)c(F)c2)cs1. The number of carbonyl (C=O) groups excluding carboxylic acids is 2. The second-order valence-corrected chi connectivity index (χ2v) is 6.83. The third-order valence-corrected chi connectivity index (χ3v) is 4.76. The number of hydrogen-bond acceptors (Lipinski definition) is 5. The van der Waals surface area contributed by atoms with E-state index in [0.29, 0.717) is 33.3 Å². The number of thiazole rings is 1. The van der Waals surface area contributed by atoms with Gasteiger partial charge in [-0.3, -0.25) is 9.59 Å². The largest absolute Gasteiger partial charge is 0.496 e. The number of nitrogens with one attached hydrogen (secondary N) is 1. The van der Waals surface area contributed by atoms with Gasteiger partial charge >= 0.3 is 0 Å². The summed E-state index contributed by atoms with van der Waals surface area (Å²) in [6, 6.07) is 8.39. The highest BCUT2D eigenvalue weighted by molar-refractivity contribution is 7.14. The van der Waals surface area contributed by atoms with E-state index in [9.17, 15) is 18.4 Å². The molecule has 0 bridgehead atoms. The average Bonchev–Trinajstić information content (AvgIpc) is 3.12. The zero-order valence-electron chi connectivity index (χ0n) is 15.1. The topological polar surface area (TPSA) is 68.3 Å². The number of amides is 1. The average molecular weight is 402 g/mol. The molecule has 0 aliphatic carbocycles. The fourth-order valence-corrected chi connectivity index (χ4v) is 3.33. The minimum atomic E-state index is -0.964. The van der Waals surface area contributed by atoms with E-state index in [0.717, 1.165) is 12.1 Å². The monoisotopic (exact) mass is 402 g/mol. The van der Waals surface area contributed by atoms with Gasteiger partial charge in [-0.2, -0.15) is 0 Å². The molecule has 1 heterocycles. The molecule has 3 aromatic rings. The summed E-state index contributed by atoms with van der Waals surface area (Å²) in [6.07, 6.45) is -0.00954. The number of halogens is 2. The molecule has 0 spiro atoms. The number of rotatable bonds is 6. The second kappa shape index (κ2) is 8.26. The fourth-order valence-electron chi connectivity index (χ4n) is 2.59. The maximum Gasteiger partial charge on any atom is 0.230 e. The van der Waals surface area contributed by atoms with E-state index in [1.165, 1.54) is 31.4 Å². The van der Waals surface area contributed by atoms with E-state index < -0.39 is 11.6 Å². The summed E-state index contributed by atoms with van der Waals surface area (Å²) < 4.78 is 31.7. The Kier molecular flexibility index (Phi) is 5.79. The van der Waals surface area contributed by atoms with Crippen LogP contribution in [0.5, 0.6) is 5.75 Å². The molecule has 0 radical (unpaired) electrons. The number of hydrogen-bond donors (Lipinski definition) is 1. The van der Waals surface area contributed by atoms with Crippen LogP contribution in [0.4, 0.5) is 13.9 Å². The first-order chi connectivity index (χ1) is 13.4. The lowest BCUT2D eigenvalue weighted by Crippen LogP contribution is -2.15. The van der Waals surface area contributed by atoms with E-state index in [-0.39, 0.29) is 18.1 Å². The summed E-state index contributed by atoms with van der Waals surface area (Å²) in [5.41, 5.74) is 1.89. The summed E-state index contributed by atoms with van der Waals surface area (Å²) in [6.45, 7) is 1.45. The van der Waals surface area contributed by atoms with Gasteiger partial charge in [0, 0.05) is 22.1 Å². The summed E-state index contributed by atoms with van der Waals surface area (Å²) in [5.74, 6) is -1.85. The minimum absolute atomic E-state index is 0.00954. The Morgan fingerprint density at radius 1 is 1.14 bits per heavy atom. The molecule has 0 unspecified atom stereocenters. The summed E-state index contributed by atoms with van der Waals surface area (Å²) >= 11 is 1.17. The molecule has 144 valence electrons. The van der Waals surface area contributed by atoms with Crippen molar-refractivity contribution in [3.63, 3.8) is 0 Å². The van der Waals surface area contributed by atoms with Crippen molar-refractivity contribution in [1.29, 1.82) is 0 Å². The lowest BCUT2D eigenvalue weighted by atomic mass is 10.0. The number of anilines is 1. The van der Waals surface area contributed by atoms with E-state index in [1.54, 1.807) is 23.6 Å². The quantitative estimate of drug-likeness (QED) is 0.618. The van der Waals surface area contributed by atoms with Crippen LogP contribution in [0.1, 0.15) is 22.8 Å². The number of methoxy groups -OCH3 is 1. The molecule has 0 aliphatic rings. The summed E-state index contributed by atoms with van der Waals surface area (Å²) in [5, 5.41) is 4.63. The lowest BCUT2D eigenvalue weighted by molar-refractivity contribution is -0.115. The number of nitrogens with zero attached hydrogens (tertiary/aromatic N) is 1. The van der Waals surface area contributed by atoms with Gasteiger partial charge in [-0.15, -0.1) is 11.3 Å².